The lowest BCUT2D eigenvalue weighted by Crippen LogP contribution is -2.20. The van der Waals surface area contributed by atoms with Gasteiger partial charge in [0, 0.05) is 13.2 Å². The van der Waals surface area contributed by atoms with Crippen LogP contribution in [0, 0.1) is 23.7 Å². The van der Waals surface area contributed by atoms with E-state index in [0.29, 0.717) is 0 Å². The van der Waals surface area contributed by atoms with E-state index >= 15 is 0 Å². The van der Waals surface area contributed by atoms with E-state index < -0.39 is 0 Å². The highest BCUT2D eigenvalue weighted by Crippen LogP contribution is 2.36. The summed E-state index contributed by atoms with van der Waals surface area (Å²) in [6.07, 6.45) is 22.1. The van der Waals surface area contributed by atoms with E-state index in [1.54, 1.807) is 0 Å². The first-order valence-corrected chi connectivity index (χ1v) is 10.6. The van der Waals surface area contributed by atoms with E-state index in [1.807, 2.05) is 0 Å². The molecule has 0 spiro atoms. The van der Waals surface area contributed by atoms with Crippen molar-refractivity contribution in [2.45, 2.75) is 90.9 Å². The molecule has 23 heavy (non-hydrogen) atoms. The maximum atomic E-state index is 5.60. The van der Waals surface area contributed by atoms with Gasteiger partial charge in [0.25, 0.3) is 0 Å². The third-order valence-corrected chi connectivity index (χ3v) is 6.26. The second kappa shape index (κ2) is 11.3. The third-order valence-electron chi connectivity index (χ3n) is 6.26. The van der Waals surface area contributed by atoms with Crippen LogP contribution in [-0.2, 0) is 4.74 Å². The van der Waals surface area contributed by atoms with Gasteiger partial charge >= 0.3 is 0 Å². The van der Waals surface area contributed by atoms with Crippen LogP contribution in [0.3, 0.4) is 0 Å². The lowest BCUT2D eigenvalue weighted by molar-refractivity contribution is 0.0844. The van der Waals surface area contributed by atoms with Gasteiger partial charge in [-0.3, -0.25) is 0 Å². The molecular weight excluding hydrogens is 280 g/mol. The zero-order valence-corrected chi connectivity index (χ0v) is 15.8. The van der Waals surface area contributed by atoms with Gasteiger partial charge in [-0.25, -0.2) is 0 Å². The van der Waals surface area contributed by atoms with E-state index in [9.17, 15) is 0 Å². The molecule has 2 saturated carbocycles. The quantitative estimate of drug-likeness (QED) is 0.426. The molecule has 0 unspecified atom stereocenters. The van der Waals surface area contributed by atoms with Crippen molar-refractivity contribution in [3.05, 3.63) is 12.2 Å². The molecule has 134 valence electrons. The normalized spacial score (nSPS) is 32.4. The third kappa shape index (κ3) is 7.42. The maximum Gasteiger partial charge on any atom is 0.0494 e. The number of hydrogen-bond donors (Lipinski definition) is 0. The van der Waals surface area contributed by atoms with Crippen LogP contribution >= 0.6 is 0 Å². The molecule has 0 radical (unpaired) electrons. The summed E-state index contributed by atoms with van der Waals surface area (Å²) in [6, 6.07) is 0. The minimum absolute atomic E-state index is 0.858. The predicted molar refractivity (Wildman–Crippen MR) is 101 cm³/mol. The molecular formula is C22H40O. The Balaban J connectivity index is 1.54. The maximum absolute atomic E-state index is 5.60. The zero-order valence-electron chi connectivity index (χ0n) is 15.8. The fourth-order valence-electron chi connectivity index (χ4n) is 4.57. The number of ether oxygens (including phenoxy) is 1. The van der Waals surface area contributed by atoms with Gasteiger partial charge in [0.2, 0.25) is 0 Å². The molecule has 0 heterocycles. The smallest absolute Gasteiger partial charge is 0.0494 e. The highest BCUT2D eigenvalue weighted by molar-refractivity contribution is 4.91. The number of rotatable bonds is 9. The van der Waals surface area contributed by atoms with E-state index in [1.165, 1.54) is 77.0 Å². The molecule has 0 aromatic rings. The van der Waals surface area contributed by atoms with Crippen LogP contribution in [0.2, 0.25) is 0 Å². The molecule has 0 atom stereocenters. The largest absolute Gasteiger partial charge is 0.381 e. The van der Waals surface area contributed by atoms with Crippen molar-refractivity contribution in [2.24, 2.45) is 23.7 Å². The Kier molecular flexibility index (Phi) is 9.34. The number of allylic oxidation sites excluding steroid dienone is 2. The van der Waals surface area contributed by atoms with Gasteiger partial charge in [0.15, 0.2) is 0 Å². The molecule has 1 heteroatoms. The van der Waals surface area contributed by atoms with Crippen molar-refractivity contribution >= 4 is 0 Å². The molecule has 2 fully saturated rings. The highest BCUT2D eigenvalue weighted by atomic mass is 16.5. The second-order valence-electron chi connectivity index (χ2n) is 8.12. The molecule has 0 aromatic carbocycles. The molecule has 2 rings (SSSR count). The molecule has 0 bridgehead atoms. The SMILES string of the molecule is CCCC=C[C@H]1CC[C@H](CC[C@H]2CC[C@H](COCC)CC2)CC1. The second-order valence-corrected chi connectivity index (χ2v) is 8.12. The Morgan fingerprint density at radius 1 is 0.783 bits per heavy atom. The number of hydrogen-bond acceptors (Lipinski definition) is 1. The van der Waals surface area contributed by atoms with Crippen molar-refractivity contribution in [3.63, 3.8) is 0 Å². The van der Waals surface area contributed by atoms with Crippen LogP contribution in [0.4, 0.5) is 0 Å². The molecule has 0 aliphatic heterocycles. The summed E-state index contributed by atoms with van der Waals surface area (Å²) in [4.78, 5) is 0. The summed E-state index contributed by atoms with van der Waals surface area (Å²) in [7, 11) is 0. The van der Waals surface area contributed by atoms with Gasteiger partial charge in [-0.1, -0.05) is 51.2 Å². The standard InChI is InChI=1S/C22H40O/c1-3-5-6-7-19-8-10-20(11-9-19)12-13-21-14-16-22(17-15-21)18-23-4-2/h6-7,19-22H,3-5,8-18H2,1-2H3/t19-,20-,21-,22-. The molecule has 0 N–H and O–H groups in total. The first kappa shape index (κ1) is 19.0. The fraction of sp³-hybridized carbons (Fsp3) is 0.909. The summed E-state index contributed by atoms with van der Waals surface area (Å²) < 4.78 is 5.60. The Morgan fingerprint density at radius 2 is 1.35 bits per heavy atom. The van der Waals surface area contributed by atoms with Crippen molar-refractivity contribution in [2.75, 3.05) is 13.2 Å². The Hall–Kier alpha value is -0.300. The van der Waals surface area contributed by atoms with E-state index in [2.05, 4.69) is 26.0 Å². The lowest BCUT2D eigenvalue weighted by atomic mass is 9.75. The van der Waals surface area contributed by atoms with Crippen molar-refractivity contribution in [3.8, 4) is 0 Å². The monoisotopic (exact) mass is 320 g/mol. The molecule has 0 amide bonds. The van der Waals surface area contributed by atoms with Crippen LogP contribution in [-0.4, -0.2) is 13.2 Å². The van der Waals surface area contributed by atoms with Crippen molar-refractivity contribution in [1.82, 2.24) is 0 Å². The zero-order chi connectivity index (χ0) is 16.3. The van der Waals surface area contributed by atoms with Gasteiger partial charge in [0.05, 0.1) is 0 Å². The predicted octanol–water partition coefficient (Wildman–Crippen LogP) is 6.77. The molecule has 2 aliphatic carbocycles. The molecule has 0 saturated heterocycles. The highest BCUT2D eigenvalue weighted by Gasteiger charge is 2.24. The van der Waals surface area contributed by atoms with Gasteiger partial charge in [-0.2, -0.15) is 0 Å². The number of unbranched alkanes of at least 4 members (excludes halogenated alkanes) is 1. The van der Waals surface area contributed by atoms with Crippen LogP contribution in [0.15, 0.2) is 12.2 Å². The van der Waals surface area contributed by atoms with Gasteiger partial charge < -0.3 is 4.74 Å². The topological polar surface area (TPSA) is 9.23 Å². The minimum Gasteiger partial charge on any atom is -0.381 e. The molecule has 2 aliphatic rings. The van der Waals surface area contributed by atoms with Gasteiger partial charge in [-0.15, -0.1) is 0 Å². The molecule has 0 aromatic heterocycles. The Labute approximate surface area is 145 Å². The average Bonchev–Trinajstić information content (AvgIpc) is 2.60. The van der Waals surface area contributed by atoms with E-state index in [0.717, 1.165) is 36.9 Å². The first-order chi connectivity index (χ1) is 11.3. The Morgan fingerprint density at radius 3 is 1.91 bits per heavy atom. The average molecular weight is 321 g/mol. The van der Waals surface area contributed by atoms with Crippen LogP contribution in [0.5, 0.6) is 0 Å². The summed E-state index contributed by atoms with van der Waals surface area (Å²) in [5, 5.41) is 0. The van der Waals surface area contributed by atoms with Crippen LogP contribution < -0.4 is 0 Å². The fourth-order valence-corrected chi connectivity index (χ4v) is 4.57. The van der Waals surface area contributed by atoms with Gasteiger partial charge in [0.1, 0.15) is 0 Å². The summed E-state index contributed by atoms with van der Waals surface area (Å²) >= 11 is 0. The van der Waals surface area contributed by atoms with Crippen LogP contribution in [0.1, 0.15) is 90.9 Å². The Bertz CT molecular complexity index is 306. The summed E-state index contributed by atoms with van der Waals surface area (Å²) in [6.45, 7) is 6.28. The van der Waals surface area contributed by atoms with E-state index in [4.69, 9.17) is 4.74 Å². The minimum atomic E-state index is 0.858. The van der Waals surface area contributed by atoms with Crippen LogP contribution in [0.25, 0.3) is 0 Å². The lowest BCUT2D eigenvalue weighted by Gasteiger charge is -2.31. The summed E-state index contributed by atoms with van der Waals surface area (Å²) in [5.74, 6) is 3.81. The van der Waals surface area contributed by atoms with Crippen molar-refractivity contribution in [1.29, 1.82) is 0 Å². The first-order valence-electron chi connectivity index (χ1n) is 10.6. The molecule has 1 nitrogen and oxygen atoms in total. The van der Waals surface area contributed by atoms with Gasteiger partial charge in [-0.05, 0) is 75.5 Å². The summed E-state index contributed by atoms with van der Waals surface area (Å²) in [5.41, 5.74) is 0. The van der Waals surface area contributed by atoms with Crippen molar-refractivity contribution < 1.29 is 4.74 Å². The van der Waals surface area contributed by atoms with E-state index in [-0.39, 0.29) is 0 Å².